The Morgan fingerprint density at radius 2 is 1.61 bits per heavy atom. The van der Waals surface area contributed by atoms with E-state index in [0.29, 0.717) is 28.1 Å². The number of rotatable bonds is 6. The molecular formula is C22H19F6INO7S-. The Bertz CT molecular complexity index is 1260. The summed E-state index contributed by atoms with van der Waals surface area (Å²) >= 11 is 1.71. The topological polar surface area (TPSA) is 130 Å². The molecule has 1 amide bonds. The van der Waals surface area contributed by atoms with Crippen LogP contribution < -0.4 is 10.1 Å². The van der Waals surface area contributed by atoms with E-state index in [1.807, 2.05) is 0 Å². The monoisotopic (exact) mass is 682 g/mol. The Morgan fingerprint density at radius 1 is 1.05 bits per heavy atom. The number of hydrogen-bond donors (Lipinski definition) is 1. The minimum absolute atomic E-state index is 0.0580. The molecule has 2 unspecified atom stereocenters. The summed E-state index contributed by atoms with van der Waals surface area (Å²) in [5.41, 5.74) is -7.43. The second-order valence-corrected chi connectivity index (χ2v) is 12.8. The Balaban J connectivity index is 1.68. The summed E-state index contributed by atoms with van der Waals surface area (Å²) in [6, 6.07) is 3.00. The van der Waals surface area contributed by atoms with Crippen molar-refractivity contribution in [3.8, 4) is 5.75 Å². The van der Waals surface area contributed by atoms with Crippen molar-refractivity contribution >= 4 is 50.4 Å². The van der Waals surface area contributed by atoms with Gasteiger partial charge in [-0.05, 0) is 78.8 Å². The first-order valence-corrected chi connectivity index (χ1v) is 13.9. The quantitative estimate of drug-likeness (QED) is 0.159. The van der Waals surface area contributed by atoms with Crippen LogP contribution in [0.5, 0.6) is 5.75 Å². The number of hydrogen-bond acceptors (Lipinski definition) is 7. The van der Waals surface area contributed by atoms with Crippen LogP contribution >= 0.6 is 22.6 Å². The maximum Gasteiger partial charge on any atom is 0.421 e. The average Bonchev–Trinajstić information content (AvgIpc) is 2.73. The van der Waals surface area contributed by atoms with Crippen LogP contribution in [0.15, 0.2) is 18.2 Å². The summed E-state index contributed by atoms with van der Waals surface area (Å²) in [6.07, 6.45) is -10.9. The average molecular weight is 682 g/mol. The molecule has 5 rings (SSSR count). The molecule has 1 aromatic rings. The van der Waals surface area contributed by atoms with E-state index in [2.05, 4.69) is 0 Å². The molecular weight excluding hydrogens is 663 g/mol. The molecule has 210 valence electrons. The molecule has 4 aliphatic rings. The molecule has 1 aromatic carbocycles. The zero-order valence-corrected chi connectivity index (χ0v) is 22.1. The van der Waals surface area contributed by atoms with E-state index in [9.17, 15) is 53.7 Å². The number of carbonyl (C=O) groups excluding carboxylic acids is 3. The number of nitrogens with one attached hydrogen (secondary N) is 1. The molecule has 4 fully saturated rings. The van der Waals surface area contributed by atoms with Gasteiger partial charge in [-0.2, -0.15) is 26.3 Å². The van der Waals surface area contributed by atoms with Crippen LogP contribution in [0.3, 0.4) is 0 Å². The standard InChI is InChI=1S/C22H20F6INO7S/c23-21(24,25)20(22(26,27)28,9-38(34,35)36)30-17(32)14-2-1-13(29)5-15(14)37-18(33)19-6-10-3-11(7-19)16(31)12(4-10)8-19/h1-2,5,10-12H,3-4,6-9H2,(H,30,32)(H,34,35,36)/p-1. The van der Waals surface area contributed by atoms with Gasteiger partial charge in [0.25, 0.3) is 5.91 Å². The van der Waals surface area contributed by atoms with Crippen LogP contribution in [0.1, 0.15) is 42.5 Å². The van der Waals surface area contributed by atoms with Gasteiger partial charge in [0.05, 0.1) is 26.8 Å². The lowest BCUT2D eigenvalue weighted by atomic mass is 9.49. The zero-order valence-electron chi connectivity index (χ0n) is 19.1. The normalized spacial score (nSPS) is 27.4. The molecule has 4 aliphatic carbocycles. The third-order valence-electron chi connectivity index (χ3n) is 7.51. The van der Waals surface area contributed by atoms with Crippen molar-refractivity contribution in [3.63, 3.8) is 0 Å². The maximum atomic E-state index is 13.7. The van der Waals surface area contributed by atoms with E-state index >= 15 is 0 Å². The highest BCUT2D eigenvalue weighted by atomic mass is 127. The van der Waals surface area contributed by atoms with Crippen molar-refractivity contribution in [3.05, 3.63) is 27.3 Å². The summed E-state index contributed by atoms with van der Waals surface area (Å²) in [4.78, 5) is 38.5. The van der Waals surface area contributed by atoms with Crippen LogP contribution in [0.2, 0.25) is 0 Å². The van der Waals surface area contributed by atoms with Gasteiger partial charge < -0.3 is 14.6 Å². The molecule has 1 N–H and O–H groups in total. The van der Waals surface area contributed by atoms with E-state index in [4.69, 9.17) is 4.74 Å². The van der Waals surface area contributed by atoms with E-state index < -0.39 is 62.4 Å². The SMILES string of the molecule is O=C(NC(CS(=O)(=O)[O-])(C(F)(F)F)C(F)(F)F)c1ccc(I)cc1OC(=O)C12CC3CC(C1)C(=O)C(C3)C2. The first-order valence-electron chi connectivity index (χ1n) is 11.2. The number of ether oxygens (including phenoxy) is 1. The minimum Gasteiger partial charge on any atom is -0.748 e. The molecule has 0 aromatic heterocycles. The highest BCUT2D eigenvalue weighted by Crippen LogP contribution is 2.59. The van der Waals surface area contributed by atoms with Gasteiger partial charge in [-0.15, -0.1) is 0 Å². The molecule has 0 spiro atoms. The van der Waals surface area contributed by atoms with E-state index in [0.717, 1.165) is 18.2 Å². The Morgan fingerprint density at radius 3 is 2.11 bits per heavy atom. The van der Waals surface area contributed by atoms with Crippen LogP contribution in [0.25, 0.3) is 0 Å². The van der Waals surface area contributed by atoms with Crippen LogP contribution in [-0.2, 0) is 19.7 Å². The predicted molar refractivity (Wildman–Crippen MR) is 123 cm³/mol. The fourth-order valence-corrected chi connectivity index (χ4v) is 7.39. The smallest absolute Gasteiger partial charge is 0.421 e. The van der Waals surface area contributed by atoms with Gasteiger partial charge in [-0.25, -0.2) is 8.42 Å². The number of halogens is 7. The molecule has 0 aliphatic heterocycles. The largest absolute Gasteiger partial charge is 0.748 e. The number of ketones is 1. The van der Waals surface area contributed by atoms with Gasteiger partial charge in [-0.3, -0.25) is 14.4 Å². The van der Waals surface area contributed by atoms with Gasteiger partial charge in [-0.1, -0.05) is 0 Å². The highest BCUT2D eigenvalue weighted by molar-refractivity contribution is 14.1. The third-order valence-corrected chi connectivity index (χ3v) is 8.96. The van der Waals surface area contributed by atoms with Crippen molar-refractivity contribution in [2.75, 3.05) is 5.75 Å². The number of benzene rings is 1. The van der Waals surface area contributed by atoms with Crippen molar-refractivity contribution in [1.82, 2.24) is 5.32 Å². The summed E-state index contributed by atoms with van der Waals surface area (Å²) < 4.78 is 121. The summed E-state index contributed by atoms with van der Waals surface area (Å²) in [6.45, 7) is 0. The predicted octanol–water partition coefficient (Wildman–Crippen LogP) is 3.73. The van der Waals surface area contributed by atoms with Gasteiger partial charge in [0.15, 0.2) is 0 Å². The number of Topliss-reactive ketones (excluding diaryl/α,β-unsaturated/α-hetero) is 1. The molecule has 4 bridgehead atoms. The molecule has 8 nitrogen and oxygen atoms in total. The molecule has 2 atom stereocenters. The minimum atomic E-state index is -6.44. The van der Waals surface area contributed by atoms with Crippen molar-refractivity contribution in [1.29, 1.82) is 0 Å². The Labute approximate surface area is 225 Å². The molecule has 38 heavy (non-hydrogen) atoms. The fourth-order valence-electron chi connectivity index (χ4n) is 6.00. The summed E-state index contributed by atoms with van der Waals surface area (Å²) in [7, 11) is -6.16. The van der Waals surface area contributed by atoms with Gasteiger partial charge in [0.1, 0.15) is 11.5 Å². The number of alkyl halides is 6. The van der Waals surface area contributed by atoms with Gasteiger partial charge in [0.2, 0.25) is 5.54 Å². The third kappa shape index (κ3) is 5.14. The lowest BCUT2D eigenvalue weighted by Crippen LogP contribution is -2.70. The second-order valence-electron chi connectivity index (χ2n) is 10.1. The molecule has 16 heteroatoms. The van der Waals surface area contributed by atoms with E-state index in [1.54, 1.807) is 22.6 Å². The van der Waals surface area contributed by atoms with Gasteiger partial charge in [0, 0.05) is 15.4 Å². The summed E-state index contributed by atoms with van der Waals surface area (Å²) in [5.74, 6) is -7.17. The lowest BCUT2D eigenvalue weighted by Gasteiger charge is -2.53. The number of amides is 1. The zero-order chi connectivity index (χ0) is 28.5. The van der Waals surface area contributed by atoms with Crippen LogP contribution in [-0.4, -0.2) is 54.3 Å². The lowest BCUT2D eigenvalue weighted by molar-refractivity contribution is -0.296. The van der Waals surface area contributed by atoms with E-state index in [1.165, 1.54) is 0 Å². The van der Waals surface area contributed by atoms with Crippen LogP contribution in [0.4, 0.5) is 26.3 Å². The first kappa shape index (κ1) is 29.0. The van der Waals surface area contributed by atoms with E-state index in [-0.39, 0.29) is 36.4 Å². The fraction of sp³-hybridized carbons (Fsp3) is 0.591. The number of carbonyl (C=O) groups is 3. The molecule has 0 heterocycles. The highest BCUT2D eigenvalue weighted by Gasteiger charge is 2.72. The maximum absolute atomic E-state index is 13.7. The Hall–Kier alpha value is -1.95. The number of esters is 1. The summed E-state index contributed by atoms with van der Waals surface area (Å²) in [5, 5.41) is 0.651. The Kier molecular flexibility index (Phi) is 7.12. The molecule has 4 saturated carbocycles. The van der Waals surface area contributed by atoms with Crippen molar-refractivity contribution in [2.45, 2.75) is 50.0 Å². The first-order chi connectivity index (χ1) is 17.3. The van der Waals surface area contributed by atoms with Crippen molar-refractivity contribution < 1.29 is 58.4 Å². The van der Waals surface area contributed by atoms with Gasteiger partial charge >= 0.3 is 18.3 Å². The molecule has 0 saturated heterocycles. The van der Waals surface area contributed by atoms with Crippen molar-refractivity contribution in [2.24, 2.45) is 23.2 Å². The molecule has 0 radical (unpaired) electrons. The van der Waals surface area contributed by atoms with Crippen LogP contribution in [0, 0.1) is 26.7 Å². The second kappa shape index (κ2) is 9.31.